The fourth-order valence-electron chi connectivity index (χ4n) is 1.79. The highest BCUT2D eigenvalue weighted by atomic mass is 15.2. The van der Waals surface area contributed by atoms with Gasteiger partial charge in [-0.25, -0.2) is 0 Å². The molecular weight excluding hydrogens is 162 g/mol. The molecule has 1 N–H and O–H groups in total. The highest BCUT2D eigenvalue weighted by Gasteiger charge is 2.24. The van der Waals surface area contributed by atoms with Crippen LogP contribution in [0.25, 0.3) is 0 Å². The van der Waals surface area contributed by atoms with Crippen molar-refractivity contribution < 1.29 is 0 Å². The largest absolute Gasteiger partial charge is 0.314 e. The highest BCUT2D eigenvalue weighted by Crippen LogP contribution is 2.16. The standard InChI is InChI=1S/C10H17N3/c1-3-9(4-5-11)10-8-12-6-7-13(10)2/h3,9-10,12H,1,4,6-8H2,2H3. The molecule has 2 unspecified atom stereocenters. The summed E-state index contributed by atoms with van der Waals surface area (Å²) in [5, 5.41) is 12.0. The lowest BCUT2D eigenvalue weighted by atomic mass is 9.94. The van der Waals surface area contributed by atoms with E-state index >= 15 is 0 Å². The second-order valence-electron chi connectivity index (χ2n) is 3.51. The summed E-state index contributed by atoms with van der Waals surface area (Å²) in [6, 6.07) is 2.65. The second kappa shape index (κ2) is 5.00. The van der Waals surface area contributed by atoms with E-state index in [0.717, 1.165) is 19.6 Å². The highest BCUT2D eigenvalue weighted by molar-refractivity contribution is 4.96. The summed E-state index contributed by atoms with van der Waals surface area (Å²) in [5.74, 6) is 0.294. The first-order valence-electron chi connectivity index (χ1n) is 4.70. The number of piperazine rings is 1. The van der Waals surface area contributed by atoms with Gasteiger partial charge >= 0.3 is 0 Å². The van der Waals surface area contributed by atoms with Gasteiger partial charge in [0.1, 0.15) is 0 Å². The Morgan fingerprint density at radius 1 is 1.85 bits per heavy atom. The first-order chi connectivity index (χ1) is 6.29. The first kappa shape index (κ1) is 10.2. The topological polar surface area (TPSA) is 39.1 Å². The van der Waals surface area contributed by atoms with Gasteiger partial charge in [0.15, 0.2) is 0 Å². The Morgan fingerprint density at radius 3 is 3.15 bits per heavy atom. The van der Waals surface area contributed by atoms with Crippen molar-refractivity contribution in [3.8, 4) is 6.07 Å². The van der Waals surface area contributed by atoms with Crippen LogP contribution in [0.3, 0.4) is 0 Å². The lowest BCUT2D eigenvalue weighted by molar-refractivity contribution is 0.163. The fraction of sp³-hybridized carbons (Fsp3) is 0.700. The van der Waals surface area contributed by atoms with Crippen molar-refractivity contribution in [2.45, 2.75) is 12.5 Å². The number of rotatable bonds is 3. The van der Waals surface area contributed by atoms with Crippen LogP contribution in [0.2, 0.25) is 0 Å². The number of nitriles is 1. The molecule has 13 heavy (non-hydrogen) atoms. The van der Waals surface area contributed by atoms with E-state index in [9.17, 15) is 0 Å². The minimum Gasteiger partial charge on any atom is -0.314 e. The summed E-state index contributed by atoms with van der Waals surface area (Å²) < 4.78 is 0. The van der Waals surface area contributed by atoms with E-state index in [1.807, 2.05) is 6.08 Å². The Bertz CT molecular complexity index is 207. The minimum absolute atomic E-state index is 0.294. The van der Waals surface area contributed by atoms with Gasteiger partial charge in [-0.15, -0.1) is 6.58 Å². The zero-order valence-corrected chi connectivity index (χ0v) is 8.16. The fourth-order valence-corrected chi connectivity index (χ4v) is 1.79. The van der Waals surface area contributed by atoms with E-state index < -0.39 is 0 Å². The van der Waals surface area contributed by atoms with Gasteiger partial charge in [0, 0.05) is 38.0 Å². The Labute approximate surface area is 80.0 Å². The van der Waals surface area contributed by atoms with Gasteiger partial charge < -0.3 is 10.2 Å². The first-order valence-corrected chi connectivity index (χ1v) is 4.70. The molecule has 1 heterocycles. The average Bonchev–Trinajstić information content (AvgIpc) is 2.16. The lowest BCUT2D eigenvalue weighted by Crippen LogP contribution is -2.52. The van der Waals surface area contributed by atoms with Crippen LogP contribution in [0.15, 0.2) is 12.7 Å². The summed E-state index contributed by atoms with van der Waals surface area (Å²) in [6.07, 6.45) is 2.47. The number of nitrogens with one attached hydrogen (secondary N) is 1. The number of hydrogen-bond acceptors (Lipinski definition) is 3. The van der Waals surface area contributed by atoms with E-state index in [1.165, 1.54) is 0 Å². The second-order valence-corrected chi connectivity index (χ2v) is 3.51. The number of hydrogen-bond donors (Lipinski definition) is 1. The van der Waals surface area contributed by atoms with E-state index in [4.69, 9.17) is 5.26 Å². The summed E-state index contributed by atoms with van der Waals surface area (Å²) in [5.41, 5.74) is 0. The Hall–Kier alpha value is -0.850. The molecule has 0 radical (unpaired) electrons. The van der Waals surface area contributed by atoms with Crippen LogP contribution < -0.4 is 5.32 Å². The van der Waals surface area contributed by atoms with Gasteiger partial charge in [0.25, 0.3) is 0 Å². The molecule has 0 aliphatic carbocycles. The third-order valence-electron chi connectivity index (χ3n) is 2.68. The predicted molar refractivity (Wildman–Crippen MR) is 53.2 cm³/mol. The number of likely N-dealkylation sites (N-methyl/N-ethyl adjacent to an activating group) is 1. The van der Waals surface area contributed by atoms with Crippen LogP contribution in [0, 0.1) is 17.2 Å². The Morgan fingerprint density at radius 2 is 2.62 bits per heavy atom. The van der Waals surface area contributed by atoms with Gasteiger partial charge in [-0.05, 0) is 7.05 Å². The molecule has 1 rings (SSSR count). The molecule has 0 spiro atoms. The lowest BCUT2D eigenvalue weighted by Gasteiger charge is -2.36. The molecule has 1 fully saturated rings. The zero-order chi connectivity index (χ0) is 9.68. The smallest absolute Gasteiger partial charge is 0.0628 e. The van der Waals surface area contributed by atoms with Gasteiger partial charge in [-0.1, -0.05) is 6.08 Å². The van der Waals surface area contributed by atoms with Crippen molar-refractivity contribution in [2.24, 2.45) is 5.92 Å². The van der Waals surface area contributed by atoms with Crippen molar-refractivity contribution in [3.63, 3.8) is 0 Å². The van der Waals surface area contributed by atoms with Crippen molar-refractivity contribution in [1.29, 1.82) is 5.26 Å². The SMILES string of the molecule is C=CC(CC#N)C1CNCCN1C. The van der Waals surface area contributed by atoms with Gasteiger partial charge in [-0.3, -0.25) is 0 Å². The van der Waals surface area contributed by atoms with Crippen LogP contribution in [-0.2, 0) is 0 Å². The monoisotopic (exact) mass is 179 g/mol. The third-order valence-corrected chi connectivity index (χ3v) is 2.68. The molecule has 3 nitrogen and oxygen atoms in total. The van der Waals surface area contributed by atoms with E-state index in [2.05, 4.69) is 29.9 Å². The van der Waals surface area contributed by atoms with Crippen LogP contribution in [0.4, 0.5) is 0 Å². The van der Waals surface area contributed by atoms with Gasteiger partial charge in [0.2, 0.25) is 0 Å². The molecule has 1 aliphatic rings. The van der Waals surface area contributed by atoms with Crippen LogP contribution in [-0.4, -0.2) is 37.6 Å². The molecule has 0 aromatic rings. The van der Waals surface area contributed by atoms with Crippen LogP contribution in [0.5, 0.6) is 0 Å². The third kappa shape index (κ3) is 2.55. The molecular formula is C10H17N3. The quantitative estimate of drug-likeness (QED) is 0.645. The molecule has 1 aliphatic heterocycles. The predicted octanol–water partition coefficient (Wildman–Crippen LogP) is 0.606. The summed E-state index contributed by atoms with van der Waals surface area (Å²) in [4.78, 5) is 2.31. The Kier molecular flexibility index (Phi) is 3.94. The van der Waals surface area contributed by atoms with E-state index in [-0.39, 0.29) is 0 Å². The van der Waals surface area contributed by atoms with Gasteiger partial charge in [0.05, 0.1) is 6.07 Å². The molecule has 1 saturated heterocycles. The zero-order valence-electron chi connectivity index (χ0n) is 8.16. The van der Waals surface area contributed by atoms with Crippen molar-refractivity contribution >= 4 is 0 Å². The molecule has 72 valence electrons. The Balaban J connectivity index is 2.55. The molecule has 2 atom stereocenters. The number of nitrogens with zero attached hydrogens (tertiary/aromatic N) is 2. The van der Waals surface area contributed by atoms with Crippen LogP contribution in [0.1, 0.15) is 6.42 Å². The molecule has 0 amide bonds. The minimum atomic E-state index is 0.294. The van der Waals surface area contributed by atoms with Gasteiger partial charge in [-0.2, -0.15) is 5.26 Å². The summed E-state index contributed by atoms with van der Waals surface area (Å²) in [6.45, 7) is 6.85. The molecule has 3 heteroatoms. The molecule has 0 aromatic carbocycles. The summed E-state index contributed by atoms with van der Waals surface area (Å²) in [7, 11) is 2.11. The maximum absolute atomic E-state index is 8.65. The van der Waals surface area contributed by atoms with Crippen molar-refractivity contribution in [1.82, 2.24) is 10.2 Å². The molecule has 0 aromatic heterocycles. The van der Waals surface area contributed by atoms with Crippen molar-refractivity contribution in [3.05, 3.63) is 12.7 Å². The van der Waals surface area contributed by atoms with Crippen LogP contribution >= 0.6 is 0 Å². The summed E-state index contributed by atoms with van der Waals surface area (Å²) >= 11 is 0. The van der Waals surface area contributed by atoms with Crippen molar-refractivity contribution in [2.75, 3.05) is 26.7 Å². The maximum atomic E-state index is 8.65. The molecule has 0 saturated carbocycles. The van der Waals surface area contributed by atoms with E-state index in [0.29, 0.717) is 18.4 Å². The molecule has 0 bridgehead atoms. The average molecular weight is 179 g/mol. The maximum Gasteiger partial charge on any atom is 0.0628 e. The normalized spacial score (nSPS) is 26.3. The van der Waals surface area contributed by atoms with E-state index in [1.54, 1.807) is 0 Å².